The van der Waals surface area contributed by atoms with Crippen molar-refractivity contribution in [3.63, 3.8) is 0 Å². The first-order chi connectivity index (χ1) is 16.3. The lowest BCUT2D eigenvalue weighted by Gasteiger charge is -2.21. The summed E-state index contributed by atoms with van der Waals surface area (Å²) in [5, 5.41) is 8.05. The largest absolute Gasteiger partial charge is 0.321 e. The quantitative estimate of drug-likeness (QED) is 0.327. The molecule has 0 spiro atoms. The highest BCUT2D eigenvalue weighted by atomic mass is 35.5. The average Bonchev–Trinajstić information content (AvgIpc) is 3.26. The van der Waals surface area contributed by atoms with E-state index in [0.29, 0.717) is 49.4 Å². The van der Waals surface area contributed by atoms with Crippen LogP contribution in [0.1, 0.15) is 30.5 Å². The molecule has 0 aliphatic carbocycles. The second-order valence-electron chi connectivity index (χ2n) is 8.03. The summed E-state index contributed by atoms with van der Waals surface area (Å²) in [6.07, 6.45) is 0.300. The Labute approximate surface area is 210 Å². The first-order valence-corrected chi connectivity index (χ1v) is 11.7. The molecule has 0 saturated heterocycles. The summed E-state index contributed by atoms with van der Waals surface area (Å²) in [7, 11) is 0. The van der Waals surface area contributed by atoms with E-state index in [1.54, 1.807) is 24.3 Å². The van der Waals surface area contributed by atoms with Gasteiger partial charge in [-0.15, -0.1) is 0 Å². The first-order valence-electron chi connectivity index (χ1n) is 10.6. The Morgan fingerprint density at radius 1 is 1.00 bits per heavy atom. The van der Waals surface area contributed by atoms with Gasteiger partial charge in [-0.3, -0.25) is 9.59 Å². The lowest BCUT2D eigenvalue weighted by Crippen LogP contribution is -2.24. The third-order valence-electron chi connectivity index (χ3n) is 5.90. The molecule has 1 N–H and O–H groups in total. The SMILES string of the molecule is CC(=O)N1N=C(c2c(-c3ccccc3)c3cc(Cl)ccc3[nH]c2=O)CC1c1cccc(Cl)c1Cl. The zero-order valence-corrected chi connectivity index (χ0v) is 20.2. The van der Waals surface area contributed by atoms with Crippen LogP contribution in [-0.4, -0.2) is 21.6 Å². The van der Waals surface area contributed by atoms with Crippen LogP contribution in [0.5, 0.6) is 0 Å². The van der Waals surface area contributed by atoms with E-state index in [4.69, 9.17) is 34.8 Å². The number of aromatic amines is 1. The summed E-state index contributed by atoms with van der Waals surface area (Å²) in [6, 6.07) is 19.7. The number of pyridine rings is 1. The molecule has 170 valence electrons. The molecule has 34 heavy (non-hydrogen) atoms. The number of hydrogen-bond acceptors (Lipinski definition) is 3. The number of nitrogens with zero attached hydrogens (tertiary/aromatic N) is 2. The molecule has 1 aromatic heterocycles. The van der Waals surface area contributed by atoms with Gasteiger partial charge in [0.25, 0.3) is 5.56 Å². The summed E-state index contributed by atoms with van der Waals surface area (Å²) >= 11 is 19.1. The zero-order valence-electron chi connectivity index (χ0n) is 18.0. The number of halogens is 3. The lowest BCUT2D eigenvalue weighted by atomic mass is 9.91. The van der Waals surface area contributed by atoms with Crippen LogP contribution in [0.25, 0.3) is 22.0 Å². The minimum Gasteiger partial charge on any atom is -0.321 e. The maximum absolute atomic E-state index is 13.4. The standard InChI is InChI=1S/C26H18Cl3N3O2/c1-14(33)32-22(17-8-5-9-19(28)25(17)29)13-21(31-32)24-23(15-6-3-2-4-7-15)18-12-16(27)10-11-20(18)30-26(24)34/h2-12,22H,13H2,1H3,(H,30,34). The topological polar surface area (TPSA) is 65.5 Å². The van der Waals surface area contributed by atoms with Crippen molar-refractivity contribution in [1.82, 2.24) is 9.99 Å². The molecule has 1 amide bonds. The van der Waals surface area contributed by atoms with E-state index in [0.717, 1.165) is 10.9 Å². The summed E-state index contributed by atoms with van der Waals surface area (Å²) < 4.78 is 0. The summed E-state index contributed by atoms with van der Waals surface area (Å²) in [5.74, 6) is -0.266. The van der Waals surface area contributed by atoms with Gasteiger partial charge in [-0.2, -0.15) is 5.10 Å². The molecule has 0 fully saturated rings. The smallest absolute Gasteiger partial charge is 0.258 e. The van der Waals surface area contributed by atoms with Gasteiger partial charge in [-0.25, -0.2) is 5.01 Å². The van der Waals surface area contributed by atoms with Gasteiger partial charge in [-0.1, -0.05) is 77.3 Å². The van der Waals surface area contributed by atoms with E-state index in [1.165, 1.54) is 11.9 Å². The molecule has 1 atom stereocenters. The van der Waals surface area contributed by atoms with E-state index < -0.39 is 6.04 Å². The Hall–Kier alpha value is -3.12. The predicted molar refractivity (Wildman–Crippen MR) is 138 cm³/mol. The van der Waals surface area contributed by atoms with Crippen LogP contribution in [0.2, 0.25) is 15.1 Å². The summed E-state index contributed by atoms with van der Waals surface area (Å²) in [4.78, 5) is 28.9. The number of rotatable bonds is 3. The molecular formula is C26H18Cl3N3O2. The minimum atomic E-state index is -0.489. The van der Waals surface area contributed by atoms with Crippen molar-refractivity contribution in [3.8, 4) is 11.1 Å². The van der Waals surface area contributed by atoms with Gasteiger partial charge in [0.15, 0.2) is 0 Å². The van der Waals surface area contributed by atoms with Crippen LogP contribution < -0.4 is 5.56 Å². The maximum Gasteiger partial charge on any atom is 0.258 e. The summed E-state index contributed by atoms with van der Waals surface area (Å²) in [5.41, 5.74) is 3.47. The predicted octanol–water partition coefficient (Wildman–Crippen LogP) is 6.85. The third kappa shape index (κ3) is 3.90. The number of amides is 1. The number of carbonyl (C=O) groups is 1. The molecule has 1 aliphatic heterocycles. The molecule has 5 nitrogen and oxygen atoms in total. The molecule has 2 heterocycles. The molecule has 4 aromatic rings. The Balaban J connectivity index is 1.75. The first kappa shape index (κ1) is 22.7. The van der Waals surface area contributed by atoms with Crippen molar-refractivity contribution < 1.29 is 4.79 Å². The van der Waals surface area contributed by atoms with Crippen molar-refractivity contribution in [2.24, 2.45) is 5.10 Å². The summed E-state index contributed by atoms with van der Waals surface area (Å²) in [6.45, 7) is 1.43. The highest BCUT2D eigenvalue weighted by molar-refractivity contribution is 6.42. The molecule has 1 unspecified atom stereocenters. The fourth-order valence-electron chi connectivity index (χ4n) is 4.42. The highest BCUT2D eigenvalue weighted by Gasteiger charge is 2.35. The normalized spacial score (nSPS) is 15.6. The Bertz CT molecular complexity index is 1530. The Morgan fingerprint density at radius 3 is 2.50 bits per heavy atom. The fraction of sp³-hybridized carbons (Fsp3) is 0.115. The van der Waals surface area contributed by atoms with E-state index in [9.17, 15) is 9.59 Å². The monoisotopic (exact) mass is 509 g/mol. The number of hydrazone groups is 1. The van der Waals surface area contributed by atoms with Gasteiger partial charge in [-0.05, 0) is 35.4 Å². The third-order valence-corrected chi connectivity index (χ3v) is 6.97. The fourth-order valence-corrected chi connectivity index (χ4v) is 5.02. The van der Waals surface area contributed by atoms with Gasteiger partial charge in [0.1, 0.15) is 0 Å². The number of fused-ring (bicyclic) bond motifs is 1. The van der Waals surface area contributed by atoms with Crippen molar-refractivity contribution in [3.05, 3.63) is 103 Å². The van der Waals surface area contributed by atoms with Crippen molar-refractivity contribution >= 4 is 57.3 Å². The molecule has 5 rings (SSSR count). The molecule has 8 heteroatoms. The van der Waals surface area contributed by atoms with E-state index in [1.807, 2.05) is 42.5 Å². The van der Waals surface area contributed by atoms with Crippen LogP contribution in [0, 0.1) is 0 Å². The van der Waals surface area contributed by atoms with Gasteiger partial charge in [0.2, 0.25) is 5.91 Å². The highest BCUT2D eigenvalue weighted by Crippen LogP contribution is 2.40. The Kier molecular flexibility index (Phi) is 5.94. The second kappa shape index (κ2) is 8.91. The van der Waals surface area contributed by atoms with Crippen LogP contribution in [0.4, 0.5) is 0 Å². The van der Waals surface area contributed by atoms with Crippen molar-refractivity contribution in [2.75, 3.05) is 0 Å². The van der Waals surface area contributed by atoms with Crippen molar-refractivity contribution in [1.29, 1.82) is 0 Å². The number of nitrogens with one attached hydrogen (secondary N) is 1. The Morgan fingerprint density at radius 2 is 1.76 bits per heavy atom. The lowest BCUT2D eigenvalue weighted by molar-refractivity contribution is -0.130. The number of aromatic nitrogens is 1. The van der Waals surface area contributed by atoms with Crippen molar-refractivity contribution in [2.45, 2.75) is 19.4 Å². The maximum atomic E-state index is 13.4. The number of benzene rings is 3. The zero-order chi connectivity index (χ0) is 24.0. The molecular weight excluding hydrogens is 493 g/mol. The van der Waals surface area contributed by atoms with Crippen LogP contribution in [-0.2, 0) is 4.79 Å². The molecule has 0 radical (unpaired) electrons. The van der Waals surface area contributed by atoms with Gasteiger partial charge in [0, 0.05) is 34.8 Å². The molecule has 0 bridgehead atoms. The van der Waals surface area contributed by atoms with Gasteiger partial charge < -0.3 is 4.98 Å². The number of hydrogen-bond donors (Lipinski definition) is 1. The van der Waals surface area contributed by atoms with Gasteiger partial charge >= 0.3 is 0 Å². The van der Waals surface area contributed by atoms with E-state index in [-0.39, 0.29) is 11.5 Å². The van der Waals surface area contributed by atoms with E-state index >= 15 is 0 Å². The van der Waals surface area contributed by atoms with Crippen LogP contribution in [0.3, 0.4) is 0 Å². The second-order valence-corrected chi connectivity index (χ2v) is 9.25. The molecule has 0 saturated carbocycles. The van der Waals surface area contributed by atoms with Crippen LogP contribution in [0.15, 0.2) is 76.6 Å². The molecule has 1 aliphatic rings. The molecule has 3 aromatic carbocycles. The van der Waals surface area contributed by atoms with Gasteiger partial charge in [0.05, 0.1) is 27.4 Å². The average molecular weight is 511 g/mol. The minimum absolute atomic E-state index is 0.266. The van der Waals surface area contributed by atoms with Crippen LogP contribution >= 0.6 is 34.8 Å². The van der Waals surface area contributed by atoms with E-state index in [2.05, 4.69) is 10.1 Å². The number of carbonyl (C=O) groups excluding carboxylic acids is 1. The number of H-pyrrole nitrogens is 1.